The Morgan fingerprint density at radius 1 is 0.667 bits per heavy atom. The molecule has 1 heterocycles. The minimum absolute atomic E-state index is 0.0210. The van der Waals surface area contributed by atoms with Crippen molar-refractivity contribution in [3.05, 3.63) is 70.4 Å². The van der Waals surface area contributed by atoms with E-state index in [-0.39, 0.29) is 28.4 Å². The lowest BCUT2D eigenvalue weighted by molar-refractivity contribution is -0.121. The average Bonchev–Trinajstić information content (AvgIpc) is 3.23. The van der Waals surface area contributed by atoms with Gasteiger partial charge in [-0.2, -0.15) is 0 Å². The van der Waals surface area contributed by atoms with Gasteiger partial charge in [-0.3, -0.25) is 9.59 Å². The van der Waals surface area contributed by atoms with Crippen LogP contribution >= 0.6 is 12.2 Å². The first kappa shape index (κ1) is 48.1. The average molecular weight is 848 g/mol. The molecule has 0 fully saturated rings. The Hall–Kier alpha value is -4.56. The SMILES string of the molecule is CCCCCCCCCCCCCCCC(=O)NCCCOCCOCCOCCCNC(=S)Nc1ccc(-c2c3ccc(=O)cc-3oc3cc(O)ccc23)c(C(=O)O)c1. The fourth-order valence-corrected chi connectivity index (χ4v) is 7.27. The molecular formula is C47H65N3O9S. The summed E-state index contributed by atoms with van der Waals surface area (Å²) in [4.78, 5) is 36.7. The second kappa shape index (κ2) is 28.1. The van der Waals surface area contributed by atoms with E-state index in [1.165, 1.54) is 101 Å². The molecule has 0 aromatic heterocycles. The molecule has 5 N–H and O–H groups in total. The smallest absolute Gasteiger partial charge is 0.336 e. The predicted molar refractivity (Wildman–Crippen MR) is 242 cm³/mol. The number of unbranched alkanes of at least 4 members (excludes halogenated alkanes) is 12. The number of carbonyl (C=O) groups is 2. The normalized spacial score (nSPS) is 11.3. The van der Waals surface area contributed by atoms with E-state index in [1.807, 2.05) is 0 Å². The number of fused-ring (bicyclic) bond motifs is 2. The zero-order chi connectivity index (χ0) is 42.8. The third-order valence-corrected chi connectivity index (χ3v) is 10.5. The fraction of sp³-hybridized carbons (Fsp3) is 0.532. The second-order valence-corrected chi connectivity index (χ2v) is 15.6. The molecule has 1 aliphatic heterocycles. The molecule has 2 aliphatic rings. The number of anilines is 1. The molecule has 60 heavy (non-hydrogen) atoms. The predicted octanol–water partition coefficient (Wildman–Crippen LogP) is 9.68. The van der Waals surface area contributed by atoms with Gasteiger partial charge in [0.15, 0.2) is 10.5 Å². The molecule has 0 atom stereocenters. The summed E-state index contributed by atoms with van der Waals surface area (Å²) in [5.74, 6) is -0.755. The Labute approximate surface area is 360 Å². The first-order valence-electron chi connectivity index (χ1n) is 21.9. The number of carboxylic acid groups (broad SMARTS) is 1. The maximum Gasteiger partial charge on any atom is 0.336 e. The summed E-state index contributed by atoms with van der Waals surface area (Å²) in [5, 5.41) is 30.3. The van der Waals surface area contributed by atoms with Gasteiger partial charge in [0.1, 0.15) is 17.1 Å². The summed E-state index contributed by atoms with van der Waals surface area (Å²) < 4.78 is 22.8. The van der Waals surface area contributed by atoms with Crippen LogP contribution in [0.5, 0.6) is 5.75 Å². The van der Waals surface area contributed by atoms with Crippen LogP contribution in [-0.2, 0) is 19.0 Å². The second-order valence-electron chi connectivity index (χ2n) is 15.1. The van der Waals surface area contributed by atoms with Crippen LogP contribution in [-0.4, -0.2) is 79.9 Å². The van der Waals surface area contributed by atoms with Gasteiger partial charge in [-0.15, -0.1) is 0 Å². The minimum atomic E-state index is -1.14. The van der Waals surface area contributed by atoms with Gasteiger partial charge in [-0.25, -0.2) is 4.79 Å². The van der Waals surface area contributed by atoms with Crippen LogP contribution in [0.15, 0.2) is 63.8 Å². The van der Waals surface area contributed by atoms with Crippen LogP contribution in [0.25, 0.3) is 33.4 Å². The number of phenolic OH excluding ortho intramolecular Hbond substituents is 1. The number of hydrogen-bond acceptors (Lipinski definition) is 9. The summed E-state index contributed by atoms with van der Waals surface area (Å²) in [6.45, 7) is 6.40. The van der Waals surface area contributed by atoms with Crippen LogP contribution < -0.4 is 21.4 Å². The quantitative estimate of drug-likeness (QED) is 0.0185. The summed E-state index contributed by atoms with van der Waals surface area (Å²) in [7, 11) is 0. The zero-order valence-electron chi connectivity index (χ0n) is 35.3. The third kappa shape index (κ3) is 17.6. The highest BCUT2D eigenvalue weighted by Gasteiger charge is 2.22. The van der Waals surface area contributed by atoms with Crippen molar-refractivity contribution < 1.29 is 38.4 Å². The van der Waals surface area contributed by atoms with Crippen molar-refractivity contribution in [1.82, 2.24) is 10.6 Å². The van der Waals surface area contributed by atoms with Crippen molar-refractivity contribution in [1.29, 1.82) is 0 Å². The largest absolute Gasteiger partial charge is 0.508 e. The lowest BCUT2D eigenvalue weighted by Crippen LogP contribution is -2.30. The van der Waals surface area contributed by atoms with E-state index in [2.05, 4.69) is 22.9 Å². The van der Waals surface area contributed by atoms with Gasteiger partial charge in [0.2, 0.25) is 5.91 Å². The maximum absolute atomic E-state index is 12.5. The molecular weight excluding hydrogens is 783 g/mol. The number of amides is 1. The molecule has 0 spiro atoms. The van der Waals surface area contributed by atoms with Crippen molar-refractivity contribution in [2.75, 3.05) is 58.0 Å². The first-order valence-corrected chi connectivity index (χ1v) is 22.3. The monoisotopic (exact) mass is 847 g/mol. The number of nitrogens with one attached hydrogen (secondary N) is 3. The first-order chi connectivity index (χ1) is 29.3. The molecule has 0 unspecified atom stereocenters. The number of carbonyl (C=O) groups excluding carboxylic acids is 1. The van der Waals surface area contributed by atoms with E-state index < -0.39 is 5.97 Å². The van der Waals surface area contributed by atoms with E-state index in [1.54, 1.807) is 24.3 Å². The standard InChI is InChI=1S/C47H65N3O9S/c1-2-3-4-5-6-7-8-9-10-11-12-13-14-17-44(53)48-24-15-26-56-28-30-58-31-29-57-27-16-25-49-47(60)50-35-18-21-38(41(32-35)46(54)55)45-39-22-19-36(51)33-42(39)59-43-34-37(52)20-23-40(43)45/h18-23,32-34,51H,2-17,24-31H2,1H3,(H,48,53)(H,54,55)(H2,49,50,60). The van der Waals surface area contributed by atoms with Crippen LogP contribution in [0.3, 0.4) is 0 Å². The van der Waals surface area contributed by atoms with Crippen LogP contribution in [0.1, 0.15) is 120 Å². The van der Waals surface area contributed by atoms with Crippen LogP contribution in [0, 0.1) is 0 Å². The van der Waals surface area contributed by atoms with Crippen molar-refractivity contribution in [2.24, 2.45) is 0 Å². The Bertz CT molecular complexity index is 1930. The number of aromatic carboxylic acids is 1. The number of hydrogen-bond donors (Lipinski definition) is 5. The van der Waals surface area contributed by atoms with Gasteiger partial charge in [-0.1, -0.05) is 90.0 Å². The molecule has 328 valence electrons. The van der Waals surface area contributed by atoms with Gasteiger partial charge in [-0.05, 0) is 73.4 Å². The van der Waals surface area contributed by atoms with Crippen LogP contribution in [0.2, 0.25) is 0 Å². The molecule has 0 radical (unpaired) electrons. The van der Waals surface area contributed by atoms with Gasteiger partial charge < -0.3 is 44.8 Å². The summed E-state index contributed by atoms with van der Waals surface area (Å²) >= 11 is 5.45. The van der Waals surface area contributed by atoms with E-state index in [0.717, 1.165) is 19.3 Å². The Morgan fingerprint density at radius 3 is 1.88 bits per heavy atom. The number of carboxylic acids is 1. The van der Waals surface area contributed by atoms with E-state index in [9.17, 15) is 24.6 Å². The summed E-state index contributed by atoms with van der Waals surface area (Å²) in [6, 6.07) is 13.9. The lowest BCUT2D eigenvalue weighted by atomic mass is 9.90. The van der Waals surface area contributed by atoms with E-state index in [4.69, 9.17) is 30.8 Å². The van der Waals surface area contributed by atoms with E-state index >= 15 is 0 Å². The van der Waals surface area contributed by atoms with Crippen molar-refractivity contribution >= 4 is 45.9 Å². The molecule has 12 nitrogen and oxygen atoms in total. The molecule has 13 heteroatoms. The van der Waals surface area contributed by atoms with Crippen molar-refractivity contribution in [2.45, 2.75) is 110 Å². The number of rotatable bonds is 31. The molecule has 0 bridgehead atoms. The summed E-state index contributed by atoms with van der Waals surface area (Å²) in [6.07, 6.45) is 19.0. The highest BCUT2D eigenvalue weighted by Crippen LogP contribution is 2.42. The minimum Gasteiger partial charge on any atom is -0.508 e. The molecule has 0 saturated carbocycles. The van der Waals surface area contributed by atoms with Gasteiger partial charge in [0.05, 0.1) is 32.0 Å². The molecule has 0 saturated heterocycles. The zero-order valence-corrected chi connectivity index (χ0v) is 36.1. The van der Waals surface area contributed by atoms with Crippen molar-refractivity contribution in [3.8, 4) is 28.2 Å². The van der Waals surface area contributed by atoms with Gasteiger partial charge in [0, 0.05) is 67.1 Å². The highest BCUT2D eigenvalue weighted by atomic mass is 32.1. The molecule has 4 rings (SSSR count). The number of phenols is 1. The number of ether oxygens (including phenoxy) is 3. The fourth-order valence-electron chi connectivity index (χ4n) is 7.05. The third-order valence-electron chi connectivity index (χ3n) is 10.2. The number of aromatic hydroxyl groups is 1. The Kier molecular flexibility index (Phi) is 22.5. The van der Waals surface area contributed by atoms with Gasteiger partial charge >= 0.3 is 5.97 Å². The molecule has 2 aromatic rings. The van der Waals surface area contributed by atoms with Crippen LogP contribution in [0.4, 0.5) is 5.69 Å². The number of benzene rings is 3. The molecule has 1 aliphatic carbocycles. The topological polar surface area (TPSA) is 169 Å². The van der Waals surface area contributed by atoms with Crippen molar-refractivity contribution in [3.63, 3.8) is 0 Å². The highest BCUT2D eigenvalue weighted by molar-refractivity contribution is 7.80. The molecule has 2 aromatic carbocycles. The molecule has 1 amide bonds. The lowest BCUT2D eigenvalue weighted by Gasteiger charge is -2.18. The Balaban J connectivity index is 0.988. The maximum atomic E-state index is 12.5. The van der Waals surface area contributed by atoms with E-state index in [0.29, 0.717) is 104 Å². The van der Waals surface area contributed by atoms with Gasteiger partial charge in [0.25, 0.3) is 0 Å². The summed E-state index contributed by atoms with van der Waals surface area (Å²) in [5.41, 5.74) is 2.12. The number of thiocarbonyl (C=S) groups is 1. The Morgan fingerprint density at radius 2 is 1.25 bits per heavy atom.